The van der Waals surface area contributed by atoms with Crippen LogP contribution in [-0.4, -0.2) is 34.8 Å². The second-order valence-corrected chi connectivity index (χ2v) is 13.1. The van der Waals surface area contributed by atoms with Crippen LogP contribution in [0, 0.1) is 33.5 Å². The van der Waals surface area contributed by atoms with Crippen LogP contribution in [0.25, 0.3) is 0 Å². The first kappa shape index (κ1) is 19.4. The first-order valence-electron chi connectivity index (χ1n) is 10.9. The molecule has 0 aromatic carbocycles. The molecule has 0 N–H and O–H groups in total. The number of hydrogen-bond donors (Lipinski definition) is 0. The fourth-order valence-corrected chi connectivity index (χ4v) is 9.33. The molecule has 150 valence electrons. The standard InChI is InChI=1S/C22H40O3Si/c1-19(2)15-8-10-21(19,5)17(12-15)24-26(14-23-7)25-18-13-16-9-11-22(18,6)20(16,3)4/h15-18,26H,8-14H2,1-7H3/t15-,16-,17-,18+,21-,22-,26?/m1/s1. The van der Waals surface area contributed by atoms with E-state index in [2.05, 4.69) is 41.5 Å². The number of methoxy groups -OCH3 is 1. The Morgan fingerprint density at radius 1 is 0.769 bits per heavy atom. The van der Waals surface area contributed by atoms with Gasteiger partial charge in [-0.25, -0.2) is 0 Å². The van der Waals surface area contributed by atoms with Gasteiger partial charge in [-0.1, -0.05) is 41.5 Å². The molecule has 0 aromatic heterocycles. The van der Waals surface area contributed by atoms with Crippen molar-refractivity contribution < 1.29 is 13.6 Å². The second-order valence-electron chi connectivity index (χ2n) is 11.4. The van der Waals surface area contributed by atoms with Crippen LogP contribution in [0.2, 0.25) is 0 Å². The van der Waals surface area contributed by atoms with Gasteiger partial charge in [0.15, 0.2) is 0 Å². The van der Waals surface area contributed by atoms with Crippen LogP contribution in [0.1, 0.15) is 80.1 Å². The average Bonchev–Trinajstić information content (AvgIpc) is 3.07. The second kappa shape index (κ2) is 6.05. The van der Waals surface area contributed by atoms with Crippen LogP contribution in [0.15, 0.2) is 0 Å². The fraction of sp³-hybridized carbons (Fsp3) is 1.00. The van der Waals surface area contributed by atoms with E-state index in [-0.39, 0.29) is 0 Å². The van der Waals surface area contributed by atoms with Crippen molar-refractivity contribution in [2.45, 2.75) is 92.3 Å². The van der Waals surface area contributed by atoms with Crippen LogP contribution in [0.4, 0.5) is 0 Å². The Labute approximate surface area is 162 Å². The monoisotopic (exact) mass is 380 g/mol. The molecule has 4 heteroatoms. The van der Waals surface area contributed by atoms with E-state index in [1.807, 2.05) is 0 Å². The molecular formula is C22H40O3Si. The minimum atomic E-state index is -1.83. The van der Waals surface area contributed by atoms with Crippen LogP contribution in [-0.2, 0) is 13.6 Å². The van der Waals surface area contributed by atoms with Gasteiger partial charge in [0.25, 0.3) is 0 Å². The van der Waals surface area contributed by atoms with E-state index in [0.717, 1.165) is 11.8 Å². The van der Waals surface area contributed by atoms with Crippen molar-refractivity contribution in [1.29, 1.82) is 0 Å². The first-order valence-corrected chi connectivity index (χ1v) is 12.6. The third-order valence-electron chi connectivity index (χ3n) is 10.4. The fourth-order valence-electron chi connectivity index (χ4n) is 7.29. The largest absolute Gasteiger partial charge is 0.392 e. The third-order valence-corrected chi connectivity index (χ3v) is 12.2. The Kier molecular flexibility index (Phi) is 4.51. The SMILES string of the molecule is COC[SiH](O[C@H]1C[C@H]2CC[C@@]1(C)C2(C)C)O[C@@H]1C[C@H]2CC[C@@]1(C)C2(C)C. The zero-order valence-corrected chi connectivity index (χ0v) is 19.2. The molecule has 0 amide bonds. The topological polar surface area (TPSA) is 27.7 Å². The third kappa shape index (κ3) is 2.41. The van der Waals surface area contributed by atoms with E-state index < -0.39 is 9.28 Å². The Bertz CT molecular complexity index is 516. The van der Waals surface area contributed by atoms with E-state index in [9.17, 15) is 0 Å². The van der Waals surface area contributed by atoms with E-state index in [0.29, 0.717) is 40.1 Å². The molecule has 1 unspecified atom stereocenters. The normalized spacial score (nSPS) is 49.0. The Hall–Kier alpha value is 0.0969. The average molecular weight is 381 g/mol. The van der Waals surface area contributed by atoms with Crippen molar-refractivity contribution in [1.82, 2.24) is 0 Å². The Balaban J connectivity index is 1.47. The maximum absolute atomic E-state index is 6.80. The summed E-state index contributed by atoms with van der Waals surface area (Å²) in [6.45, 7) is 14.8. The highest BCUT2D eigenvalue weighted by Crippen LogP contribution is 2.67. The summed E-state index contributed by atoms with van der Waals surface area (Å²) >= 11 is 0. The first-order chi connectivity index (χ1) is 12.1. The summed E-state index contributed by atoms with van der Waals surface area (Å²) in [4.78, 5) is 0. The van der Waals surface area contributed by atoms with Crippen molar-refractivity contribution in [2.24, 2.45) is 33.5 Å². The van der Waals surface area contributed by atoms with Crippen molar-refractivity contribution >= 4 is 9.28 Å². The van der Waals surface area contributed by atoms with Crippen LogP contribution >= 0.6 is 0 Å². The lowest BCUT2D eigenvalue weighted by Gasteiger charge is -2.42. The van der Waals surface area contributed by atoms with Gasteiger partial charge in [-0.3, -0.25) is 0 Å². The van der Waals surface area contributed by atoms with Gasteiger partial charge in [0, 0.05) is 7.11 Å². The van der Waals surface area contributed by atoms with Gasteiger partial charge in [0.1, 0.15) is 0 Å². The van der Waals surface area contributed by atoms with Crippen molar-refractivity contribution in [3.05, 3.63) is 0 Å². The predicted octanol–water partition coefficient (Wildman–Crippen LogP) is 4.86. The van der Waals surface area contributed by atoms with Gasteiger partial charge < -0.3 is 13.6 Å². The highest BCUT2D eigenvalue weighted by Gasteiger charge is 2.64. The minimum absolute atomic E-state index is 0.303. The molecule has 0 spiro atoms. The summed E-state index contributed by atoms with van der Waals surface area (Å²) in [5.41, 5.74) is 1.39. The van der Waals surface area contributed by atoms with Crippen molar-refractivity contribution in [2.75, 3.05) is 13.3 Å². The Morgan fingerprint density at radius 3 is 1.46 bits per heavy atom. The summed E-state index contributed by atoms with van der Waals surface area (Å²) in [7, 11) is -0.0320. The zero-order chi connectivity index (χ0) is 19.0. The lowest BCUT2D eigenvalue weighted by molar-refractivity contribution is -0.0315. The smallest absolute Gasteiger partial charge is 0.348 e. The molecule has 7 atom stereocenters. The lowest BCUT2D eigenvalue weighted by atomic mass is 9.70. The van der Waals surface area contributed by atoms with Gasteiger partial charge in [-0.2, -0.15) is 0 Å². The molecule has 4 aliphatic carbocycles. The van der Waals surface area contributed by atoms with Gasteiger partial charge in [-0.15, -0.1) is 0 Å². The summed E-state index contributed by atoms with van der Waals surface area (Å²) in [6.07, 6.45) is 9.19. The molecule has 0 heterocycles. The molecule has 0 aliphatic heterocycles. The molecule has 4 bridgehead atoms. The summed E-state index contributed by atoms with van der Waals surface area (Å²) < 4.78 is 19.2. The highest BCUT2D eigenvalue weighted by molar-refractivity contribution is 6.44. The number of hydrogen-bond acceptors (Lipinski definition) is 3. The number of ether oxygens (including phenoxy) is 1. The van der Waals surface area contributed by atoms with Crippen LogP contribution in [0.5, 0.6) is 0 Å². The van der Waals surface area contributed by atoms with Crippen LogP contribution in [0.3, 0.4) is 0 Å². The molecule has 4 fully saturated rings. The lowest BCUT2D eigenvalue weighted by Crippen LogP contribution is -2.47. The molecule has 0 radical (unpaired) electrons. The van der Waals surface area contributed by atoms with Crippen LogP contribution < -0.4 is 0 Å². The van der Waals surface area contributed by atoms with Crippen molar-refractivity contribution in [3.8, 4) is 0 Å². The zero-order valence-electron chi connectivity index (χ0n) is 18.1. The maximum Gasteiger partial charge on any atom is 0.348 e. The van der Waals surface area contributed by atoms with E-state index in [1.54, 1.807) is 7.11 Å². The summed E-state index contributed by atoms with van der Waals surface area (Å²) in [6, 6.07) is 0. The van der Waals surface area contributed by atoms with Gasteiger partial charge in [0.2, 0.25) is 0 Å². The van der Waals surface area contributed by atoms with E-state index in [4.69, 9.17) is 13.6 Å². The molecule has 0 saturated heterocycles. The Morgan fingerprint density at radius 2 is 1.19 bits per heavy atom. The molecule has 0 aromatic rings. The summed E-state index contributed by atoms with van der Waals surface area (Å²) in [5.74, 6) is 1.63. The molecule has 4 rings (SSSR count). The van der Waals surface area contributed by atoms with Gasteiger partial charge >= 0.3 is 9.28 Å². The minimum Gasteiger partial charge on any atom is -0.392 e. The predicted molar refractivity (Wildman–Crippen MR) is 107 cm³/mol. The molecule has 3 nitrogen and oxygen atoms in total. The number of fused-ring (bicyclic) bond motifs is 4. The maximum atomic E-state index is 6.80. The molecular weight excluding hydrogens is 340 g/mol. The molecule has 4 aliphatic rings. The highest BCUT2D eigenvalue weighted by atomic mass is 28.3. The number of rotatable bonds is 6. The van der Waals surface area contributed by atoms with Gasteiger partial charge in [-0.05, 0) is 72.0 Å². The summed E-state index contributed by atoms with van der Waals surface area (Å²) in [5, 5.41) is 0. The molecule has 26 heavy (non-hydrogen) atoms. The van der Waals surface area contributed by atoms with Gasteiger partial charge in [0.05, 0.1) is 18.4 Å². The molecule has 4 saturated carbocycles. The van der Waals surface area contributed by atoms with E-state index >= 15 is 0 Å². The quantitative estimate of drug-likeness (QED) is 0.616. The van der Waals surface area contributed by atoms with E-state index in [1.165, 1.54) is 38.5 Å². The van der Waals surface area contributed by atoms with Crippen molar-refractivity contribution in [3.63, 3.8) is 0 Å².